The highest BCUT2D eigenvalue weighted by Gasteiger charge is 2.25. The molecule has 0 unspecified atom stereocenters. The summed E-state index contributed by atoms with van der Waals surface area (Å²) in [6.45, 7) is 0. The van der Waals surface area contributed by atoms with Gasteiger partial charge in [0.05, 0.1) is 16.3 Å². The van der Waals surface area contributed by atoms with Gasteiger partial charge in [-0.15, -0.1) is 0 Å². The van der Waals surface area contributed by atoms with Crippen LogP contribution in [0.25, 0.3) is 10.8 Å². The first-order valence-electron chi connectivity index (χ1n) is 10.7. The second-order valence-corrected chi connectivity index (χ2v) is 10.9. The number of hydrogen-bond donors (Lipinski definition) is 4. The highest BCUT2D eigenvalue weighted by atomic mass is 32.2. The molecule has 1 heterocycles. The van der Waals surface area contributed by atoms with Crippen LogP contribution in [0, 0.1) is 10.1 Å². The summed E-state index contributed by atoms with van der Waals surface area (Å²) in [5.74, 6) is -1.54. The Morgan fingerprint density at radius 1 is 0.872 bits per heavy atom. The van der Waals surface area contributed by atoms with Gasteiger partial charge in [-0.05, 0) is 24.3 Å². The molecule has 16 heteroatoms. The maximum absolute atomic E-state index is 13.0. The summed E-state index contributed by atoms with van der Waals surface area (Å²) < 4.78 is 68.6. The fourth-order valence-electron chi connectivity index (χ4n) is 3.91. The molecule has 0 aliphatic carbocycles. The van der Waals surface area contributed by atoms with Gasteiger partial charge in [0.25, 0.3) is 37.7 Å². The van der Waals surface area contributed by atoms with Crippen LogP contribution in [0.3, 0.4) is 0 Å². The number of nitro benzene ring substituents is 1. The minimum atomic E-state index is -5.01. The van der Waals surface area contributed by atoms with E-state index in [1.54, 1.807) is 0 Å². The Bertz CT molecular complexity index is 1900. The van der Waals surface area contributed by atoms with E-state index in [1.807, 2.05) is 0 Å². The number of nitrogens with zero attached hydrogens (tertiary/aromatic N) is 2. The summed E-state index contributed by atoms with van der Waals surface area (Å²) in [7, 11) is -8.30. The third-order valence-corrected chi connectivity index (χ3v) is 7.44. The SMILES string of the molecule is Cn1cc(NC(=O)c2cccc([N+](=O)[O-])c2)cc1C(=O)Nc1ccc2c(S(=O)(=O)O)cccc2c1S(=O)(=O)O. The Labute approximate surface area is 220 Å². The lowest BCUT2D eigenvalue weighted by atomic mass is 10.1. The molecule has 202 valence electrons. The van der Waals surface area contributed by atoms with Gasteiger partial charge >= 0.3 is 0 Å². The largest absolute Gasteiger partial charge is 0.344 e. The van der Waals surface area contributed by atoms with Crippen molar-refractivity contribution in [3.8, 4) is 0 Å². The highest BCUT2D eigenvalue weighted by molar-refractivity contribution is 7.86. The molecule has 39 heavy (non-hydrogen) atoms. The number of fused-ring (bicyclic) bond motifs is 1. The molecule has 4 N–H and O–H groups in total. The van der Waals surface area contributed by atoms with Crippen LogP contribution in [0.2, 0.25) is 0 Å². The van der Waals surface area contributed by atoms with Gasteiger partial charge in [0, 0.05) is 41.7 Å². The van der Waals surface area contributed by atoms with Gasteiger partial charge < -0.3 is 15.2 Å². The van der Waals surface area contributed by atoms with Crippen LogP contribution >= 0.6 is 0 Å². The fourth-order valence-corrected chi connectivity index (χ4v) is 5.47. The van der Waals surface area contributed by atoms with Crippen molar-refractivity contribution in [3.63, 3.8) is 0 Å². The van der Waals surface area contributed by atoms with Crippen LogP contribution in [-0.2, 0) is 27.3 Å². The van der Waals surface area contributed by atoms with Crippen LogP contribution in [0.4, 0.5) is 17.1 Å². The van der Waals surface area contributed by atoms with Crippen molar-refractivity contribution < 1.29 is 40.5 Å². The molecule has 1 aromatic heterocycles. The number of nitrogens with one attached hydrogen (secondary N) is 2. The molecule has 0 spiro atoms. The molecule has 0 aliphatic rings. The zero-order valence-electron chi connectivity index (χ0n) is 19.7. The van der Waals surface area contributed by atoms with Crippen LogP contribution in [-0.4, -0.2) is 47.2 Å². The van der Waals surface area contributed by atoms with E-state index in [2.05, 4.69) is 10.6 Å². The lowest BCUT2D eigenvalue weighted by Crippen LogP contribution is -2.17. The van der Waals surface area contributed by atoms with Gasteiger partial charge in [-0.25, -0.2) is 0 Å². The van der Waals surface area contributed by atoms with Crippen molar-refractivity contribution in [1.82, 2.24) is 4.57 Å². The van der Waals surface area contributed by atoms with E-state index in [1.165, 1.54) is 48.1 Å². The maximum atomic E-state index is 13.0. The molecule has 0 saturated carbocycles. The molecule has 0 bridgehead atoms. The van der Waals surface area contributed by atoms with Crippen molar-refractivity contribution in [3.05, 3.63) is 88.2 Å². The smallest absolute Gasteiger partial charge is 0.297 e. The number of nitro groups is 1. The molecule has 4 rings (SSSR count). The predicted molar refractivity (Wildman–Crippen MR) is 138 cm³/mol. The third-order valence-electron chi connectivity index (χ3n) is 5.57. The number of anilines is 2. The van der Waals surface area contributed by atoms with Crippen molar-refractivity contribution >= 4 is 59.9 Å². The summed E-state index contributed by atoms with van der Waals surface area (Å²) >= 11 is 0. The van der Waals surface area contributed by atoms with Crippen molar-refractivity contribution in [2.24, 2.45) is 7.05 Å². The van der Waals surface area contributed by atoms with E-state index < -0.39 is 46.8 Å². The number of carbonyl (C=O) groups is 2. The van der Waals surface area contributed by atoms with Crippen LogP contribution in [0.15, 0.2) is 76.7 Å². The quantitative estimate of drug-likeness (QED) is 0.144. The summed E-state index contributed by atoms with van der Waals surface area (Å²) in [4.78, 5) is 34.5. The fraction of sp³-hybridized carbons (Fsp3) is 0.0435. The number of rotatable bonds is 7. The Kier molecular flexibility index (Phi) is 6.96. The van der Waals surface area contributed by atoms with E-state index in [-0.39, 0.29) is 39.1 Å². The van der Waals surface area contributed by atoms with E-state index >= 15 is 0 Å². The monoisotopic (exact) mass is 574 g/mol. The molecule has 0 saturated heterocycles. The average molecular weight is 575 g/mol. The van der Waals surface area contributed by atoms with Crippen LogP contribution in [0.5, 0.6) is 0 Å². The Balaban J connectivity index is 1.67. The van der Waals surface area contributed by atoms with Gasteiger partial charge in [0.15, 0.2) is 0 Å². The first kappa shape index (κ1) is 27.4. The highest BCUT2D eigenvalue weighted by Crippen LogP contribution is 2.34. The minimum absolute atomic E-state index is 0.00252. The van der Waals surface area contributed by atoms with Crippen molar-refractivity contribution in [1.29, 1.82) is 0 Å². The molecule has 0 radical (unpaired) electrons. The molecule has 4 aromatic rings. The zero-order chi connectivity index (χ0) is 28.7. The summed E-state index contributed by atoms with van der Waals surface area (Å²) in [5, 5.41) is 15.3. The number of benzene rings is 3. The van der Waals surface area contributed by atoms with Gasteiger partial charge in [-0.3, -0.25) is 28.8 Å². The topological polar surface area (TPSA) is 215 Å². The van der Waals surface area contributed by atoms with E-state index in [9.17, 15) is 45.6 Å². The Hall–Kier alpha value is -4.64. The molecule has 0 fully saturated rings. The summed E-state index contributed by atoms with van der Waals surface area (Å²) in [5.41, 5.74) is -0.587. The van der Waals surface area contributed by atoms with Crippen LogP contribution < -0.4 is 10.6 Å². The Morgan fingerprint density at radius 2 is 1.56 bits per heavy atom. The molecule has 3 aromatic carbocycles. The van der Waals surface area contributed by atoms with E-state index in [4.69, 9.17) is 0 Å². The normalized spacial score (nSPS) is 11.8. The van der Waals surface area contributed by atoms with E-state index in [0.717, 1.165) is 30.3 Å². The second-order valence-electron chi connectivity index (χ2n) is 8.18. The van der Waals surface area contributed by atoms with Gasteiger partial charge in [0.1, 0.15) is 15.5 Å². The number of non-ortho nitro benzene ring substituents is 1. The summed E-state index contributed by atoms with van der Waals surface area (Å²) in [6, 6.07) is 11.8. The molecular weight excluding hydrogens is 556 g/mol. The van der Waals surface area contributed by atoms with Gasteiger partial charge in [-0.1, -0.05) is 24.3 Å². The molecule has 0 atom stereocenters. The van der Waals surface area contributed by atoms with Gasteiger partial charge in [-0.2, -0.15) is 16.8 Å². The standard InChI is InChI=1S/C23H18N4O10S2/c1-26-12-14(24-22(28)13-4-2-5-15(10-13)27(30)31)11-19(26)23(29)25-18-9-8-16-17(21(18)39(35,36)37)6-3-7-20(16)38(32,33)34/h2-12H,1H3,(H,24,28)(H,25,29)(H,32,33,34)(H,35,36,37). The zero-order valence-corrected chi connectivity index (χ0v) is 21.4. The molecular formula is C23H18N4O10S2. The second kappa shape index (κ2) is 9.91. The first-order valence-corrected chi connectivity index (χ1v) is 13.6. The molecule has 0 aliphatic heterocycles. The predicted octanol–water partition coefficient (Wildman–Crippen LogP) is 3.08. The summed E-state index contributed by atoms with van der Waals surface area (Å²) in [6.07, 6.45) is 1.37. The van der Waals surface area contributed by atoms with Crippen LogP contribution in [0.1, 0.15) is 20.8 Å². The maximum Gasteiger partial charge on any atom is 0.297 e. The van der Waals surface area contributed by atoms with Gasteiger partial charge in [0.2, 0.25) is 0 Å². The van der Waals surface area contributed by atoms with Crippen molar-refractivity contribution in [2.75, 3.05) is 10.6 Å². The van der Waals surface area contributed by atoms with Crippen molar-refractivity contribution in [2.45, 2.75) is 9.79 Å². The number of carbonyl (C=O) groups excluding carboxylic acids is 2. The lowest BCUT2D eigenvalue weighted by molar-refractivity contribution is -0.384. The molecule has 14 nitrogen and oxygen atoms in total. The number of aromatic nitrogens is 1. The number of hydrogen-bond acceptors (Lipinski definition) is 8. The Morgan fingerprint density at radius 3 is 2.21 bits per heavy atom. The minimum Gasteiger partial charge on any atom is -0.344 e. The lowest BCUT2D eigenvalue weighted by Gasteiger charge is -2.13. The first-order chi connectivity index (χ1) is 18.2. The van der Waals surface area contributed by atoms with E-state index in [0.29, 0.717) is 0 Å². The third kappa shape index (κ3) is 5.63. The number of aryl methyl sites for hydroxylation is 1. The number of amides is 2. The average Bonchev–Trinajstić information content (AvgIpc) is 3.21. The molecule has 2 amide bonds.